The molecule has 0 saturated carbocycles. The second kappa shape index (κ2) is 9.08. The van der Waals surface area contributed by atoms with Crippen molar-refractivity contribution >= 4 is 23.5 Å². The second-order valence-corrected chi connectivity index (χ2v) is 6.84. The number of nitrogens with zero attached hydrogens (tertiary/aromatic N) is 1. The average Bonchev–Trinajstić information content (AvgIpc) is 3.15. The van der Waals surface area contributed by atoms with E-state index in [4.69, 9.17) is 15.9 Å². The van der Waals surface area contributed by atoms with Crippen LogP contribution in [0.15, 0.2) is 54.6 Å². The highest BCUT2D eigenvalue weighted by Gasteiger charge is 2.25. The van der Waals surface area contributed by atoms with Gasteiger partial charge in [0, 0.05) is 37.7 Å². The summed E-state index contributed by atoms with van der Waals surface area (Å²) in [6.45, 7) is 3.70. The largest absolute Gasteiger partial charge is 0.489 e. The Morgan fingerprint density at radius 3 is 2.79 bits per heavy atom. The Kier molecular flexibility index (Phi) is 6.32. The molecule has 1 saturated heterocycles. The number of carbonyl (C=O) groups excluding carboxylic acids is 1. The fourth-order valence-electron chi connectivity index (χ4n) is 3.14. The predicted octanol–water partition coefficient (Wildman–Crippen LogP) is 3.10. The Hall–Kier alpha value is -3.28. The van der Waals surface area contributed by atoms with Crippen LogP contribution >= 0.6 is 0 Å². The molecular formula is C22H26N4O2. The molecule has 6 heteroatoms. The van der Waals surface area contributed by atoms with Crippen molar-refractivity contribution in [2.45, 2.75) is 19.4 Å². The summed E-state index contributed by atoms with van der Waals surface area (Å²) in [6.07, 6.45) is 4.96. The summed E-state index contributed by atoms with van der Waals surface area (Å²) in [5, 5.41) is 10.8. The van der Waals surface area contributed by atoms with Gasteiger partial charge in [0.2, 0.25) is 5.91 Å². The van der Waals surface area contributed by atoms with E-state index in [1.165, 1.54) is 0 Å². The van der Waals surface area contributed by atoms with Crippen LogP contribution in [0.4, 0.5) is 5.69 Å². The molecule has 3 rings (SSSR count). The third kappa shape index (κ3) is 5.36. The van der Waals surface area contributed by atoms with Crippen molar-refractivity contribution < 1.29 is 9.53 Å². The van der Waals surface area contributed by atoms with Gasteiger partial charge in [0.1, 0.15) is 17.7 Å². The smallest absolute Gasteiger partial charge is 0.219 e. The summed E-state index contributed by atoms with van der Waals surface area (Å²) in [5.74, 6) is 0.992. The van der Waals surface area contributed by atoms with Gasteiger partial charge in [-0.15, -0.1) is 0 Å². The molecule has 2 aromatic rings. The van der Waals surface area contributed by atoms with Crippen LogP contribution in [-0.2, 0) is 4.79 Å². The summed E-state index contributed by atoms with van der Waals surface area (Å²) in [6, 6.07) is 15.4. The summed E-state index contributed by atoms with van der Waals surface area (Å²) in [4.78, 5) is 13.2. The lowest BCUT2D eigenvalue weighted by atomic mass is 10.1. The fourth-order valence-corrected chi connectivity index (χ4v) is 3.14. The first-order chi connectivity index (χ1) is 13.5. The van der Waals surface area contributed by atoms with Gasteiger partial charge in [-0.25, -0.2) is 0 Å². The summed E-state index contributed by atoms with van der Waals surface area (Å²) >= 11 is 0. The Balaban J connectivity index is 1.46. The zero-order chi connectivity index (χ0) is 19.9. The molecule has 0 aromatic heterocycles. The minimum atomic E-state index is 0.0661. The molecule has 1 unspecified atom stereocenters. The van der Waals surface area contributed by atoms with E-state index < -0.39 is 0 Å². The molecule has 1 aliphatic heterocycles. The zero-order valence-electron chi connectivity index (χ0n) is 16.0. The van der Waals surface area contributed by atoms with E-state index >= 15 is 0 Å². The molecular weight excluding hydrogens is 352 g/mol. The first-order valence-electron chi connectivity index (χ1n) is 9.38. The number of benzene rings is 2. The number of nitrogen functional groups attached to an aromatic ring is 1. The lowest BCUT2D eigenvalue weighted by Crippen LogP contribution is -2.28. The molecule has 1 amide bonds. The van der Waals surface area contributed by atoms with E-state index in [9.17, 15) is 4.79 Å². The number of ether oxygens (including phenoxy) is 1. The van der Waals surface area contributed by atoms with Gasteiger partial charge in [0.05, 0.1) is 6.54 Å². The van der Waals surface area contributed by atoms with Crippen LogP contribution in [-0.4, -0.2) is 42.4 Å². The molecule has 1 atom stereocenters. The molecule has 1 aliphatic rings. The molecule has 0 aliphatic carbocycles. The van der Waals surface area contributed by atoms with E-state index in [0.29, 0.717) is 13.1 Å². The number of likely N-dealkylation sites (tertiary alicyclic amines) is 1. The molecule has 2 aromatic carbocycles. The van der Waals surface area contributed by atoms with Crippen LogP contribution in [0.3, 0.4) is 0 Å². The molecule has 0 spiro atoms. The van der Waals surface area contributed by atoms with Crippen molar-refractivity contribution in [1.29, 1.82) is 5.41 Å². The van der Waals surface area contributed by atoms with Crippen molar-refractivity contribution in [1.82, 2.24) is 4.90 Å². The van der Waals surface area contributed by atoms with Gasteiger partial charge in [-0.05, 0) is 35.9 Å². The van der Waals surface area contributed by atoms with E-state index in [0.717, 1.165) is 35.5 Å². The van der Waals surface area contributed by atoms with Gasteiger partial charge < -0.3 is 20.7 Å². The number of rotatable bonds is 7. The molecule has 0 bridgehead atoms. The zero-order valence-corrected chi connectivity index (χ0v) is 16.0. The van der Waals surface area contributed by atoms with Crippen molar-refractivity contribution in [3.8, 4) is 5.75 Å². The first kappa shape index (κ1) is 19.5. The topological polar surface area (TPSA) is 91.4 Å². The molecule has 1 heterocycles. The first-order valence-corrected chi connectivity index (χ1v) is 9.38. The third-order valence-corrected chi connectivity index (χ3v) is 4.68. The number of amidine groups is 1. The van der Waals surface area contributed by atoms with Crippen LogP contribution in [0, 0.1) is 5.41 Å². The Bertz CT molecular complexity index is 861. The second-order valence-electron chi connectivity index (χ2n) is 6.84. The van der Waals surface area contributed by atoms with E-state index in [1.807, 2.05) is 65.6 Å². The van der Waals surface area contributed by atoms with Crippen molar-refractivity contribution in [3.63, 3.8) is 0 Å². The van der Waals surface area contributed by atoms with Crippen molar-refractivity contribution in [2.24, 2.45) is 5.73 Å². The lowest BCUT2D eigenvalue weighted by molar-refractivity contribution is -0.128. The molecule has 146 valence electrons. The van der Waals surface area contributed by atoms with Gasteiger partial charge in [0.25, 0.3) is 0 Å². The highest BCUT2D eigenvalue weighted by molar-refractivity contribution is 5.95. The quantitative estimate of drug-likeness (QED) is 0.510. The van der Waals surface area contributed by atoms with E-state index in [1.54, 1.807) is 6.92 Å². The maximum atomic E-state index is 11.4. The molecule has 1 fully saturated rings. The maximum Gasteiger partial charge on any atom is 0.219 e. The molecule has 4 N–H and O–H groups in total. The number of nitrogens with one attached hydrogen (secondary N) is 2. The number of hydrogen-bond acceptors (Lipinski definition) is 4. The van der Waals surface area contributed by atoms with Gasteiger partial charge in [-0.1, -0.05) is 30.4 Å². The number of anilines is 1. The third-order valence-electron chi connectivity index (χ3n) is 4.68. The van der Waals surface area contributed by atoms with Gasteiger partial charge in [0.15, 0.2) is 0 Å². The average molecular weight is 378 g/mol. The van der Waals surface area contributed by atoms with Crippen LogP contribution < -0.4 is 15.8 Å². The van der Waals surface area contributed by atoms with Gasteiger partial charge in [-0.3, -0.25) is 10.2 Å². The van der Waals surface area contributed by atoms with Crippen molar-refractivity contribution in [2.75, 3.05) is 25.0 Å². The highest BCUT2D eigenvalue weighted by Crippen LogP contribution is 2.20. The lowest BCUT2D eigenvalue weighted by Gasteiger charge is -2.15. The molecule has 6 nitrogen and oxygen atoms in total. The maximum absolute atomic E-state index is 11.4. The Morgan fingerprint density at radius 2 is 2.11 bits per heavy atom. The van der Waals surface area contributed by atoms with Crippen LogP contribution in [0.2, 0.25) is 0 Å². The number of nitrogens with two attached hydrogens (primary N) is 1. The Morgan fingerprint density at radius 1 is 1.32 bits per heavy atom. The fraction of sp³-hybridized carbons (Fsp3) is 0.273. The van der Waals surface area contributed by atoms with Crippen LogP contribution in [0.5, 0.6) is 5.75 Å². The van der Waals surface area contributed by atoms with E-state index in [-0.39, 0.29) is 17.8 Å². The normalized spacial score (nSPS) is 16.3. The summed E-state index contributed by atoms with van der Waals surface area (Å²) in [5.41, 5.74) is 8.25. The predicted molar refractivity (Wildman–Crippen MR) is 113 cm³/mol. The van der Waals surface area contributed by atoms with E-state index in [2.05, 4.69) is 5.32 Å². The van der Waals surface area contributed by atoms with Crippen LogP contribution in [0.1, 0.15) is 24.5 Å². The monoisotopic (exact) mass is 378 g/mol. The van der Waals surface area contributed by atoms with Crippen LogP contribution in [0.25, 0.3) is 6.08 Å². The minimum absolute atomic E-state index is 0.0661. The minimum Gasteiger partial charge on any atom is -0.489 e. The standard InChI is InChI=1S/C22H26N4O2/c1-16(27)26-13-11-21(15-26)28-20-9-7-19(8-10-20)25-12-3-5-17-4-2-6-18(14-17)22(23)24/h2-10,14,21,25H,11-13,15H2,1H3,(H3,23,24)/b5-3+. The summed E-state index contributed by atoms with van der Waals surface area (Å²) < 4.78 is 5.96. The number of hydrogen-bond donors (Lipinski definition) is 3. The highest BCUT2D eigenvalue weighted by atomic mass is 16.5. The molecule has 0 radical (unpaired) electrons. The SMILES string of the molecule is CC(=O)N1CCC(Oc2ccc(NC/C=C/c3cccc(C(=N)N)c3)cc2)C1. The Labute approximate surface area is 165 Å². The summed E-state index contributed by atoms with van der Waals surface area (Å²) in [7, 11) is 0. The van der Waals surface area contributed by atoms with Crippen molar-refractivity contribution in [3.05, 3.63) is 65.7 Å². The van der Waals surface area contributed by atoms with Gasteiger partial charge in [-0.2, -0.15) is 0 Å². The molecule has 28 heavy (non-hydrogen) atoms. The van der Waals surface area contributed by atoms with Gasteiger partial charge >= 0.3 is 0 Å². The number of amides is 1. The number of carbonyl (C=O) groups is 1.